The van der Waals surface area contributed by atoms with Crippen molar-refractivity contribution in [3.63, 3.8) is 0 Å². The number of nitrogens with one attached hydrogen (secondary N) is 2. The summed E-state index contributed by atoms with van der Waals surface area (Å²) < 4.78 is 0. The topological polar surface area (TPSA) is 112 Å². The zero-order valence-corrected chi connectivity index (χ0v) is 14.3. The number of carbonyl (C=O) groups is 1. The molecule has 0 unspecified atom stereocenters. The molecule has 0 saturated heterocycles. The summed E-state index contributed by atoms with van der Waals surface area (Å²) in [5, 5.41) is 0. The van der Waals surface area contributed by atoms with Crippen molar-refractivity contribution in [3.8, 4) is 0 Å². The van der Waals surface area contributed by atoms with Gasteiger partial charge in [-0.25, -0.2) is 9.78 Å². The second kappa shape index (κ2) is 7.00. The molecule has 1 aliphatic rings. The molecule has 132 valence electrons. The monoisotopic (exact) mass is 343 g/mol. The number of hydrogen-bond acceptors (Lipinski definition) is 5. The van der Waals surface area contributed by atoms with Crippen LogP contribution in [-0.2, 0) is 19.3 Å². The molecule has 3 rings (SSSR count). The first-order valence-electron chi connectivity index (χ1n) is 8.39. The Morgan fingerprint density at radius 1 is 1.28 bits per heavy atom. The van der Waals surface area contributed by atoms with E-state index < -0.39 is 5.69 Å². The minimum Gasteiger partial charge on any atom is -0.337 e. The van der Waals surface area contributed by atoms with Crippen LogP contribution in [0, 0.1) is 5.92 Å². The lowest BCUT2D eigenvalue weighted by atomic mass is 10.1. The maximum absolute atomic E-state index is 12.8. The Hall–Kier alpha value is -2.77. The van der Waals surface area contributed by atoms with Gasteiger partial charge in [0.15, 0.2) is 0 Å². The van der Waals surface area contributed by atoms with Crippen molar-refractivity contribution in [2.45, 2.75) is 33.1 Å². The fourth-order valence-corrected chi connectivity index (χ4v) is 3.07. The Morgan fingerprint density at radius 2 is 2.04 bits per heavy atom. The molecule has 25 heavy (non-hydrogen) atoms. The summed E-state index contributed by atoms with van der Waals surface area (Å²) in [5.41, 5.74) is 1.52. The lowest BCUT2D eigenvalue weighted by molar-refractivity contribution is 0.0756. The molecule has 0 bridgehead atoms. The highest BCUT2D eigenvalue weighted by molar-refractivity contribution is 5.92. The lowest BCUT2D eigenvalue weighted by Gasteiger charge is -2.19. The number of hydrogen-bond donors (Lipinski definition) is 2. The Balaban J connectivity index is 1.83. The third-order valence-electron chi connectivity index (χ3n) is 4.22. The van der Waals surface area contributed by atoms with E-state index in [2.05, 4.69) is 19.9 Å². The summed E-state index contributed by atoms with van der Waals surface area (Å²) in [6.45, 7) is 4.92. The number of nitrogens with zero attached hydrogens (tertiary/aromatic N) is 3. The van der Waals surface area contributed by atoms with Crippen LogP contribution >= 0.6 is 0 Å². The second-order valence-corrected chi connectivity index (χ2v) is 6.64. The molecule has 0 saturated carbocycles. The Kier molecular flexibility index (Phi) is 4.78. The van der Waals surface area contributed by atoms with Gasteiger partial charge >= 0.3 is 5.69 Å². The standard InChI is InChI=1S/C17H21N5O3/c1-10(2)7-11-8-14(21-17(25)20-11)16(24)22-5-3-12-13(4-6-22)18-9-19-15(12)23/h8-10H,3-7H2,1-2H3,(H,18,19,23)(H,20,21,25). The van der Waals surface area contributed by atoms with Crippen molar-refractivity contribution in [3.05, 3.63) is 55.9 Å². The average Bonchev–Trinajstić information content (AvgIpc) is 2.76. The van der Waals surface area contributed by atoms with Crippen LogP contribution in [0.4, 0.5) is 0 Å². The zero-order valence-electron chi connectivity index (χ0n) is 14.3. The molecule has 0 spiro atoms. The van der Waals surface area contributed by atoms with Crippen molar-refractivity contribution >= 4 is 5.91 Å². The number of carbonyl (C=O) groups excluding carboxylic acids is 1. The maximum atomic E-state index is 12.8. The second-order valence-electron chi connectivity index (χ2n) is 6.64. The van der Waals surface area contributed by atoms with Gasteiger partial charge in [-0.2, -0.15) is 4.98 Å². The van der Waals surface area contributed by atoms with E-state index >= 15 is 0 Å². The molecule has 3 heterocycles. The maximum Gasteiger partial charge on any atom is 0.345 e. The van der Waals surface area contributed by atoms with Crippen LogP contribution in [0.3, 0.4) is 0 Å². The van der Waals surface area contributed by atoms with Crippen LogP contribution in [-0.4, -0.2) is 43.8 Å². The number of aromatic nitrogens is 4. The lowest BCUT2D eigenvalue weighted by Crippen LogP contribution is -2.35. The molecule has 8 heteroatoms. The van der Waals surface area contributed by atoms with E-state index in [1.54, 1.807) is 11.0 Å². The van der Waals surface area contributed by atoms with Gasteiger partial charge in [0.25, 0.3) is 11.5 Å². The first-order chi connectivity index (χ1) is 11.9. The third kappa shape index (κ3) is 3.84. The van der Waals surface area contributed by atoms with Crippen molar-refractivity contribution in [2.24, 2.45) is 5.92 Å². The number of fused-ring (bicyclic) bond motifs is 1. The SMILES string of the molecule is CC(C)Cc1cc(C(=O)N2CCc3nc[nH]c(=O)c3CC2)nc(=O)[nH]1. The average molecular weight is 343 g/mol. The molecule has 1 amide bonds. The van der Waals surface area contributed by atoms with E-state index in [4.69, 9.17) is 0 Å². The molecule has 2 N–H and O–H groups in total. The predicted molar refractivity (Wildman–Crippen MR) is 91.6 cm³/mol. The largest absolute Gasteiger partial charge is 0.345 e. The van der Waals surface area contributed by atoms with Gasteiger partial charge in [0.05, 0.1) is 12.0 Å². The van der Waals surface area contributed by atoms with Gasteiger partial charge in [0.2, 0.25) is 0 Å². The molecule has 2 aromatic heterocycles. The Morgan fingerprint density at radius 3 is 2.80 bits per heavy atom. The normalized spacial score (nSPS) is 14.3. The van der Waals surface area contributed by atoms with Crippen molar-refractivity contribution in [1.29, 1.82) is 0 Å². The van der Waals surface area contributed by atoms with Gasteiger partial charge in [0.1, 0.15) is 5.69 Å². The smallest absolute Gasteiger partial charge is 0.337 e. The highest BCUT2D eigenvalue weighted by Crippen LogP contribution is 2.12. The predicted octanol–water partition coefficient (Wildman–Crippen LogP) is 0.293. The zero-order chi connectivity index (χ0) is 18.0. The Labute approximate surface area is 144 Å². The summed E-state index contributed by atoms with van der Waals surface area (Å²) in [6, 6.07) is 1.65. The van der Waals surface area contributed by atoms with Crippen LogP contribution < -0.4 is 11.2 Å². The molecule has 0 aliphatic carbocycles. The molecular formula is C17H21N5O3. The summed E-state index contributed by atoms with van der Waals surface area (Å²) in [6.07, 6.45) is 3.00. The van der Waals surface area contributed by atoms with Crippen molar-refractivity contribution in [1.82, 2.24) is 24.8 Å². The van der Waals surface area contributed by atoms with E-state index in [0.29, 0.717) is 49.5 Å². The third-order valence-corrected chi connectivity index (χ3v) is 4.22. The van der Waals surface area contributed by atoms with Gasteiger partial charge < -0.3 is 14.9 Å². The number of aromatic amines is 2. The minimum atomic E-state index is -0.516. The molecule has 0 aromatic carbocycles. The van der Waals surface area contributed by atoms with Crippen LogP contribution in [0.25, 0.3) is 0 Å². The molecular weight excluding hydrogens is 322 g/mol. The van der Waals surface area contributed by atoms with Gasteiger partial charge in [0, 0.05) is 30.8 Å². The highest BCUT2D eigenvalue weighted by atomic mass is 16.2. The fourth-order valence-electron chi connectivity index (χ4n) is 3.07. The van der Waals surface area contributed by atoms with Crippen LogP contribution in [0.5, 0.6) is 0 Å². The summed E-state index contributed by atoms with van der Waals surface area (Å²) in [5.74, 6) is 0.0619. The summed E-state index contributed by atoms with van der Waals surface area (Å²) in [4.78, 5) is 51.4. The molecule has 1 aliphatic heterocycles. The van der Waals surface area contributed by atoms with E-state index in [9.17, 15) is 14.4 Å². The molecule has 8 nitrogen and oxygen atoms in total. The number of H-pyrrole nitrogens is 2. The summed E-state index contributed by atoms with van der Waals surface area (Å²) >= 11 is 0. The van der Waals surface area contributed by atoms with Crippen molar-refractivity contribution < 1.29 is 4.79 Å². The van der Waals surface area contributed by atoms with Gasteiger partial charge in [-0.05, 0) is 24.8 Å². The van der Waals surface area contributed by atoms with E-state index in [0.717, 1.165) is 5.69 Å². The number of rotatable bonds is 3. The quantitative estimate of drug-likeness (QED) is 0.832. The van der Waals surface area contributed by atoms with Gasteiger partial charge in [-0.3, -0.25) is 9.59 Å². The molecule has 0 radical (unpaired) electrons. The molecule has 2 aromatic rings. The van der Waals surface area contributed by atoms with Crippen LogP contribution in [0.1, 0.15) is 41.3 Å². The van der Waals surface area contributed by atoms with Gasteiger partial charge in [-0.1, -0.05) is 13.8 Å². The van der Waals surface area contributed by atoms with Crippen molar-refractivity contribution in [2.75, 3.05) is 13.1 Å². The fraction of sp³-hybridized carbons (Fsp3) is 0.471. The van der Waals surface area contributed by atoms with E-state index in [1.165, 1.54) is 6.33 Å². The van der Waals surface area contributed by atoms with Crippen LogP contribution in [0.2, 0.25) is 0 Å². The minimum absolute atomic E-state index is 0.146. The molecule has 0 atom stereocenters. The first-order valence-corrected chi connectivity index (χ1v) is 8.39. The number of amides is 1. The molecule has 0 fully saturated rings. The Bertz CT molecular complexity index is 900. The van der Waals surface area contributed by atoms with E-state index in [-0.39, 0.29) is 17.2 Å². The highest BCUT2D eigenvalue weighted by Gasteiger charge is 2.23. The van der Waals surface area contributed by atoms with E-state index in [1.807, 2.05) is 13.8 Å². The first kappa shape index (κ1) is 17.1. The summed E-state index contributed by atoms with van der Waals surface area (Å²) in [7, 11) is 0. The van der Waals surface area contributed by atoms with Crippen LogP contribution in [0.15, 0.2) is 22.0 Å². The van der Waals surface area contributed by atoms with Gasteiger partial charge in [-0.15, -0.1) is 0 Å².